The molecule has 8 heteroatoms. The summed E-state index contributed by atoms with van der Waals surface area (Å²) in [5.74, 6) is -0.233. The van der Waals surface area contributed by atoms with Crippen LogP contribution in [0.2, 0.25) is 0 Å². The molecular formula is C29H29NO7. The fraction of sp³-hybridized carbons (Fsp3) is 0.276. The minimum atomic E-state index is -0.995. The van der Waals surface area contributed by atoms with Crippen LogP contribution in [0.1, 0.15) is 42.4 Å². The zero-order chi connectivity index (χ0) is 26.3. The minimum Gasteiger partial charge on any atom is -0.497 e. The Morgan fingerprint density at radius 1 is 0.757 bits per heavy atom. The summed E-state index contributed by atoms with van der Waals surface area (Å²) in [5, 5.41) is 0.562. The van der Waals surface area contributed by atoms with E-state index in [9.17, 15) is 14.4 Å². The van der Waals surface area contributed by atoms with Gasteiger partial charge in [-0.05, 0) is 47.4 Å². The lowest BCUT2D eigenvalue weighted by Crippen LogP contribution is -2.34. The highest BCUT2D eigenvalue weighted by Gasteiger charge is 2.38. The molecule has 0 radical (unpaired) electrons. The van der Waals surface area contributed by atoms with Crippen LogP contribution >= 0.6 is 0 Å². The maximum Gasteiger partial charge on any atom is 0.333 e. The van der Waals surface area contributed by atoms with Crippen molar-refractivity contribution in [1.82, 2.24) is 5.06 Å². The van der Waals surface area contributed by atoms with E-state index in [2.05, 4.69) is 0 Å². The predicted molar refractivity (Wildman–Crippen MR) is 135 cm³/mol. The Bertz CT molecular complexity index is 1160. The normalized spacial score (nSPS) is 13.5. The van der Waals surface area contributed by atoms with Crippen molar-refractivity contribution in [3.63, 3.8) is 0 Å². The molecule has 192 valence electrons. The number of hydrogen-bond acceptors (Lipinski definition) is 7. The molecule has 0 bridgehead atoms. The second kappa shape index (κ2) is 11.7. The van der Waals surface area contributed by atoms with Gasteiger partial charge in [-0.15, -0.1) is 5.06 Å². The van der Waals surface area contributed by atoms with Gasteiger partial charge in [0.1, 0.15) is 17.1 Å². The molecule has 2 amide bonds. The number of nitrogens with zero attached hydrogens (tertiary/aromatic N) is 1. The summed E-state index contributed by atoms with van der Waals surface area (Å²) >= 11 is 0. The summed E-state index contributed by atoms with van der Waals surface area (Å²) in [4.78, 5) is 40.8. The van der Waals surface area contributed by atoms with Gasteiger partial charge in [0.15, 0.2) is 0 Å². The van der Waals surface area contributed by atoms with Crippen molar-refractivity contribution in [1.29, 1.82) is 0 Å². The van der Waals surface area contributed by atoms with Crippen LogP contribution in [0.15, 0.2) is 78.9 Å². The number of carbonyl (C=O) groups excluding carboxylic acids is 3. The number of ether oxygens (including phenoxy) is 3. The molecule has 0 N–H and O–H groups in total. The van der Waals surface area contributed by atoms with Crippen molar-refractivity contribution in [3.8, 4) is 11.5 Å². The number of methoxy groups -OCH3 is 2. The SMILES string of the molecule is COc1ccc(C(OCCCC(=O)ON2C(=O)CCC2=O)(c2ccccc2)c2ccc(OC)cc2)cc1. The van der Waals surface area contributed by atoms with Gasteiger partial charge in [-0.3, -0.25) is 9.59 Å². The third kappa shape index (κ3) is 5.65. The van der Waals surface area contributed by atoms with Gasteiger partial charge in [-0.1, -0.05) is 54.6 Å². The van der Waals surface area contributed by atoms with Gasteiger partial charge in [-0.25, -0.2) is 4.79 Å². The maximum absolute atomic E-state index is 12.3. The summed E-state index contributed by atoms with van der Waals surface area (Å²) in [6.07, 6.45) is 0.403. The first-order chi connectivity index (χ1) is 18.0. The zero-order valence-corrected chi connectivity index (χ0v) is 20.8. The summed E-state index contributed by atoms with van der Waals surface area (Å²) in [6.45, 7) is 0.198. The van der Waals surface area contributed by atoms with Crippen LogP contribution in [0, 0.1) is 0 Å². The summed E-state index contributed by atoms with van der Waals surface area (Å²) in [5.41, 5.74) is 1.66. The van der Waals surface area contributed by atoms with Crippen LogP contribution in [-0.2, 0) is 29.6 Å². The zero-order valence-electron chi connectivity index (χ0n) is 20.8. The Labute approximate surface area is 215 Å². The molecule has 1 saturated heterocycles. The van der Waals surface area contributed by atoms with Crippen LogP contribution in [0.5, 0.6) is 11.5 Å². The lowest BCUT2D eigenvalue weighted by Gasteiger charge is -2.36. The Kier molecular flexibility index (Phi) is 8.20. The average molecular weight is 504 g/mol. The van der Waals surface area contributed by atoms with Gasteiger partial charge in [0, 0.05) is 19.4 Å². The molecule has 4 rings (SSSR count). The van der Waals surface area contributed by atoms with E-state index < -0.39 is 23.4 Å². The highest BCUT2D eigenvalue weighted by atomic mass is 16.7. The molecule has 0 aliphatic carbocycles. The molecule has 1 fully saturated rings. The molecule has 0 atom stereocenters. The van der Waals surface area contributed by atoms with Crippen molar-refractivity contribution in [2.24, 2.45) is 0 Å². The summed E-state index contributed by atoms with van der Waals surface area (Å²) < 4.78 is 17.4. The van der Waals surface area contributed by atoms with Crippen molar-refractivity contribution >= 4 is 17.8 Å². The van der Waals surface area contributed by atoms with Crippen molar-refractivity contribution in [2.45, 2.75) is 31.3 Å². The van der Waals surface area contributed by atoms with E-state index in [1.165, 1.54) is 0 Å². The highest BCUT2D eigenvalue weighted by molar-refractivity contribution is 6.01. The van der Waals surface area contributed by atoms with Crippen LogP contribution in [-0.4, -0.2) is 43.7 Å². The molecule has 0 saturated carbocycles. The molecule has 3 aromatic rings. The molecule has 37 heavy (non-hydrogen) atoms. The van der Waals surface area contributed by atoms with Crippen LogP contribution in [0.3, 0.4) is 0 Å². The van der Waals surface area contributed by atoms with Gasteiger partial charge in [0.2, 0.25) is 0 Å². The number of imide groups is 1. The Morgan fingerprint density at radius 2 is 1.24 bits per heavy atom. The second-order valence-corrected chi connectivity index (χ2v) is 8.50. The largest absolute Gasteiger partial charge is 0.497 e. The summed E-state index contributed by atoms with van der Waals surface area (Å²) in [7, 11) is 3.23. The van der Waals surface area contributed by atoms with Gasteiger partial charge in [0.25, 0.3) is 11.8 Å². The van der Waals surface area contributed by atoms with E-state index in [-0.39, 0.29) is 25.9 Å². The van der Waals surface area contributed by atoms with Crippen molar-refractivity contribution in [3.05, 3.63) is 95.6 Å². The van der Waals surface area contributed by atoms with Crippen LogP contribution in [0.4, 0.5) is 0 Å². The molecule has 1 aliphatic rings. The standard InChI is InChI=1S/C29H29NO7/c1-34-24-14-10-22(11-15-24)29(21-7-4-3-5-8-21,23-12-16-25(35-2)17-13-23)36-20-6-9-28(33)37-30-26(31)18-19-27(30)32/h3-5,7-8,10-17H,6,9,18-20H2,1-2H3. The first-order valence-corrected chi connectivity index (χ1v) is 12.0. The van der Waals surface area contributed by atoms with Crippen molar-refractivity contribution in [2.75, 3.05) is 20.8 Å². The van der Waals surface area contributed by atoms with E-state index >= 15 is 0 Å². The first kappa shape index (κ1) is 25.9. The fourth-order valence-corrected chi connectivity index (χ4v) is 4.32. The maximum atomic E-state index is 12.3. The Hall–Kier alpha value is -4.17. The molecular weight excluding hydrogens is 474 g/mol. The fourth-order valence-electron chi connectivity index (χ4n) is 4.32. The number of hydrogen-bond donors (Lipinski definition) is 0. The van der Waals surface area contributed by atoms with E-state index in [4.69, 9.17) is 19.0 Å². The van der Waals surface area contributed by atoms with E-state index in [1.807, 2.05) is 78.9 Å². The topological polar surface area (TPSA) is 91.4 Å². The van der Waals surface area contributed by atoms with Crippen LogP contribution < -0.4 is 9.47 Å². The number of amides is 2. The molecule has 8 nitrogen and oxygen atoms in total. The monoisotopic (exact) mass is 503 g/mol. The molecule has 1 heterocycles. The van der Waals surface area contributed by atoms with Crippen LogP contribution in [0.25, 0.3) is 0 Å². The average Bonchev–Trinajstić information content (AvgIpc) is 3.26. The number of benzene rings is 3. The third-order valence-corrected chi connectivity index (χ3v) is 6.22. The lowest BCUT2D eigenvalue weighted by molar-refractivity contribution is -0.197. The van der Waals surface area contributed by atoms with Gasteiger partial charge < -0.3 is 19.0 Å². The van der Waals surface area contributed by atoms with E-state index in [0.29, 0.717) is 23.0 Å². The molecule has 0 aromatic heterocycles. The van der Waals surface area contributed by atoms with Gasteiger partial charge in [0.05, 0.1) is 20.6 Å². The Morgan fingerprint density at radius 3 is 1.73 bits per heavy atom. The number of carbonyl (C=O) groups is 3. The smallest absolute Gasteiger partial charge is 0.333 e. The number of hydroxylamine groups is 2. The van der Waals surface area contributed by atoms with E-state index in [0.717, 1.165) is 16.7 Å². The minimum absolute atomic E-state index is 0.0207. The lowest BCUT2D eigenvalue weighted by atomic mass is 9.80. The quantitative estimate of drug-likeness (QED) is 0.218. The van der Waals surface area contributed by atoms with Gasteiger partial charge in [-0.2, -0.15) is 0 Å². The highest BCUT2D eigenvalue weighted by Crippen LogP contribution is 2.41. The molecule has 0 unspecified atom stereocenters. The third-order valence-electron chi connectivity index (χ3n) is 6.22. The summed E-state index contributed by atoms with van der Waals surface area (Å²) in [6, 6.07) is 25.1. The van der Waals surface area contributed by atoms with E-state index in [1.54, 1.807) is 14.2 Å². The predicted octanol–water partition coefficient (Wildman–Crippen LogP) is 4.40. The number of rotatable bonds is 11. The van der Waals surface area contributed by atoms with Gasteiger partial charge >= 0.3 is 5.97 Å². The second-order valence-electron chi connectivity index (χ2n) is 8.50. The van der Waals surface area contributed by atoms with Crippen molar-refractivity contribution < 1.29 is 33.4 Å². The molecule has 0 spiro atoms. The Balaban J connectivity index is 1.61. The molecule has 3 aromatic carbocycles. The first-order valence-electron chi connectivity index (χ1n) is 12.0. The molecule has 1 aliphatic heterocycles.